The van der Waals surface area contributed by atoms with Gasteiger partial charge in [0.05, 0.1) is 11.1 Å². The van der Waals surface area contributed by atoms with Gasteiger partial charge in [-0.3, -0.25) is 9.59 Å². The molecule has 4 nitrogen and oxygen atoms in total. The molecule has 2 aromatic heterocycles. The van der Waals surface area contributed by atoms with Crippen molar-refractivity contribution >= 4 is 27.7 Å². The van der Waals surface area contributed by atoms with Crippen LogP contribution in [0.15, 0.2) is 47.3 Å². The lowest BCUT2D eigenvalue weighted by Crippen LogP contribution is -2.06. The number of carbonyl (C=O) groups is 1. The van der Waals surface area contributed by atoms with Crippen LogP contribution in [0.5, 0.6) is 0 Å². The summed E-state index contributed by atoms with van der Waals surface area (Å²) in [4.78, 5) is 30.8. The average molecular weight is 268 g/mol. The normalized spacial score (nSPS) is 10.5. The second kappa shape index (κ2) is 4.70. The molecule has 3 rings (SSSR count). The largest absolute Gasteiger partial charge is 0.296 e. The van der Waals surface area contributed by atoms with Crippen LogP contribution in [0.4, 0.5) is 0 Å². The van der Waals surface area contributed by atoms with E-state index in [4.69, 9.17) is 0 Å². The van der Waals surface area contributed by atoms with Crippen molar-refractivity contribution in [3.63, 3.8) is 0 Å². The van der Waals surface area contributed by atoms with Crippen molar-refractivity contribution in [2.75, 3.05) is 0 Å². The van der Waals surface area contributed by atoms with Gasteiger partial charge in [0, 0.05) is 4.70 Å². The van der Waals surface area contributed by atoms with Gasteiger partial charge in [-0.1, -0.05) is 18.2 Å². The number of aromatic nitrogens is 2. The highest BCUT2D eigenvalue weighted by Crippen LogP contribution is 2.24. The molecular formula is C14H8N2O2S. The second-order valence-electron chi connectivity index (χ2n) is 3.89. The van der Waals surface area contributed by atoms with Gasteiger partial charge in [0.15, 0.2) is 6.29 Å². The summed E-state index contributed by atoms with van der Waals surface area (Å²) in [6.45, 7) is 0. The monoisotopic (exact) mass is 268 g/mol. The zero-order valence-electron chi connectivity index (χ0n) is 9.74. The number of nitrogens with zero attached hydrogens (tertiary/aromatic N) is 2. The second-order valence-corrected chi connectivity index (χ2v) is 4.92. The molecule has 0 aliphatic heterocycles. The van der Waals surface area contributed by atoms with Crippen molar-refractivity contribution in [2.24, 2.45) is 0 Å². The number of fused-ring (bicyclic) bond motifs is 1. The molecular weight excluding hydrogens is 260 g/mol. The Morgan fingerprint density at radius 3 is 2.68 bits per heavy atom. The summed E-state index contributed by atoms with van der Waals surface area (Å²) in [7, 11) is 0. The summed E-state index contributed by atoms with van der Waals surface area (Å²) < 4.78 is 0.857. The minimum Gasteiger partial charge on any atom is -0.296 e. The Bertz CT molecular complexity index is 827. The van der Waals surface area contributed by atoms with Gasteiger partial charge in [-0.2, -0.15) is 4.98 Å². The van der Waals surface area contributed by atoms with Crippen LogP contribution in [0.25, 0.3) is 20.8 Å². The molecule has 0 unspecified atom stereocenters. The molecule has 0 saturated carbocycles. The zero-order chi connectivity index (χ0) is 13.2. The molecule has 1 aromatic carbocycles. The highest BCUT2D eigenvalue weighted by molar-refractivity contribution is 7.21. The van der Waals surface area contributed by atoms with Gasteiger partial charge >= 0.3 is 0 Å². The predicted octanol–water partition coefficient (Wildman–Crippen LogP) is 2.53. The van der Waals surface area contributed by atoms with Gasteiger partial charge in [0.25, 0.3) is 5.56 Å². The van der Waals surface area contributed by atoms with Crippen LogP contribution < -0.4 is 5.56 Å². The molecule has 0 aliphatic carbocycles. The molecule has 0 amide bonds. The van der Waals surface area contributed by atoms with Gasteiger partial charge in [-0.15, -0.1) is 11.3 Å². The molecule has 92 valence electrons. The number of benzene rings is 1. The summed E-state index contributed by atoms with van der Waals surface area (Å²) in [5, 5.41) is 1.12. The fraction of sp³-hybridized carbons (Fsp3) is 0. The van der Waals surface area contributed by atoms with Gasteiger partial charge in [-0.05, 0) is 24.3 Å². The molecule has 0 radical (unpaired) electrons. The number of carbonyl (C=O) groups excluding carboxylic acids is 1. The van der Waals surface area contributed by atoms with Crippen molar-refractivity contribution in [2.45, 2.75) is 0 Å². The Morgan fingerprint density at radius 1 is 1.00 bits per heavy atom. The van der Waals surface area contributed by atoms with Crippen molar-refractivity contribution in [3.05, 3.63) is 58.5 Å². The minimum absolute atomic E-state index is 0.275. The van der Waals surface area contributed by atoms with Crippen LogP contribution in [0, 0.1) is 0 Å². The van der Waals surface area contributed by atoms with E-state index in [0.29, 0.717) is 28.1 Å². The average Bonchev–Trinajstić information content (AvgIpc) is 2.47. The lowest BCUT2D eigenvalue weighted by atomic mass is 10.3. The van der Waals surface area contributed by atoms with Crippen molar-refractivity contribution in [1.29, 1.82) is 0 Å². The van der Waals surface area contributed by atoms with E-state index < -0.39 is 0 Å². The highest BCUT2D eigenvalue weighted by Gasteiger charge is 2.07. The molecule has 0 saturated heterocycles. The third kappa shape index (κ3) is 2.15. The van der Waals surface area contributed by atoms with Crippen LogP contribution in [-0.2, 0) is 0 Å². The first-order valence-electron chi connectivity index (χ1n) is 5.60. The maximum absolute atomic E-state index is 11.9. The first-order chi connectivity index (χ1) is 9.28. The van der Waals surface area contributed by atoms with Gasteiger partial charge < -0.3 is 0 Å². The Labute approximate surface area is 112 Å². The van der Waals surface area contributed by atoms with E-state index in [9.17, 15) is 9.59 Å². The SMILES string of the molecule is O=Cc1cccc(-c2nc(=O)c3ccccc3s2)n1. The third-order valence-corrected chi connectivity index (χ3v) is 3.71. The molecule has 0 N–H and O–H groups in total. The van der Waals surface area contributed by atoms with E-state index in [2.05, 4.69) is 9.97 Å². The Morgan fingerprint density at radius 2 is 1.84 bits per heavy atom. The number of aldehydes is 1. The van der Waals surface area contributed by atoms with E-state index in [0.717, 1.165) is 4.70 Å². The predicted molar refractivity (Wildman–Crippen MR) is 74.5 cm³/mol. The van der Waals surface area contributed by atoms with Crippen LogP contribution in [0.1, 0.15) is 10.5 Å². The lowest BCUT2D eigenvalue weighted by molar-refractivity contribution is 0.111. The molecule has 5 heteroatoms. The molecule has 0 spiro atoms. The summed E-state index contributed by atoms with van der Waals surface area (Å²) in [5.41, 5.74) is 0.590. The third-order valence-electron chi connectivity index (χ3n) is 2.64. The Hall–Kier alpha value is -2.40. The molecule has 19 heavy (non-hydrogen) atoms. The summed E-state index contributed by atoms with van der Waals surface area (Å²) in [5.74, 6) is 0. The van der Waals surface area contributed by atoms with Crippen molar-refractivity contribution < 1.29 is 4.79 Å². The minimum atomic E-state index is -0.275. The van der Waals surface area contributed by atoms with Gasteiger partial charge in [-0.25, -0.2) is 4.98 Å². The first kappa shape index (κ1) is 11.7. The molecule has 0 atom stereocenters. The van der Waals surface area contributed by atoms with Crippen LogP contribution in [0.3, 0.4) is 0 Å². The maximum Gasteiger partial charge on any atom is 0.279 e. The molecule has 3 aromatic rings. The lowest BCUT2D eigenvalue weighted by Gasteiger charge is -2.01. The number of pyridine rings is 1. The topological polar surface area (TPSA) is 59.9 Å². The van der Waals surface area contributed by atoms with Gasteiger partial charge in [0.1, 0.15) is 10.7 Å². The summed E-state index contributed by atoms with van der Waals surface area (Å²) in [6, 6.07) is 12.4. The summed E-state index contributed by atoms with van der Waals surface area (Å²) in [6.07, 6.45) is 0.674. The van der Waals surface area contributed by atoms with E-state index in [1.54, 1.807) is 24.3 Å². The number of rotatable bonds is 2. The molecule has 0 aliphatic rings. The molecule has 0 bridgehead atoms. The Balaban J connectivity index is 2.25. The van der Waals surface area contributed by atoms with Crippen molar-refractivity contribution in [1.82, 2.24) is 9.97 Å². The van der Waals surface area contributed by atoms with Crippen LogP contribution in [-0.4, -0.2) is 16.3 Å². The fourth-order valence-corrected chi connectivity index (χ4v) is 2.72. The highest BCUT2D eigenvalue weighted by atomic mass is 32.1. The fourth-order valence-electron chi connectivity index (χ4n) is 1.76. The molecule has 2 heterocycles. The standard InChI is InChI=1S/C14H8N2O2S/c17-8-9-4-3-6-11(15-9)14-16-13(18)10-5-1-2-7-12(10)19-14/h1-8H. The number of hydrogen-bond donors (Lipinski definition) is 0. The van der Waals surface area contributed by atoms with E-state index in [-0.39, 0.29) is 5.56 Å². The van der Waals surface area contributed by atoms with E-state index >= 15 is 0 Å². The maximum atomic E-state index is 11.9. The zero-order valence-corrected chi connectivity index (χ0v) is 10.6. The van der Waals surface area contributed by atoms with Crippen LogP contribution >= 0.6 is 11.3 Å². The van der Waals surface area contributed by atoms with Crippen LogP contribution in [0.2, 0.25) is 0 Å². The van der Waals surface area contributed by atoms with Crippen molar-refractivity contribution in [3.8, 4) is 10.7 Å². The van der Waals surface area contributed by atoms with E-state index in [1.165, 1.54) is 11.3 Å². The summed E-state index contributed by atoms with van der Waals surface area (Å²) >= 11 is 1.38. The molecule has 0 fully saturated rings. The van der Waals surface area contributed by atoms with Gasteiger partial charge in [0.2, 0.25) is 0 Å². The first-order valence-corrected chi connectivity index (χ1v) is 6.42. The number of hydrogen-bond acceptors (Lipinski definition) is 5. The quantitative estimate of drug-likeness (QED) is 0.670. The Kier molecular flexibility index (Phi) is 2.89. The van der Waals surface area contributed by atoms with E-state index in [1.807, 2.05) is 18.2 Å². The smallest absolute Gasteiger partial charge is 0.279 e.